The van der Waals surface area contributed by atoms with Crippen molar-refractivity contribution < 1.29 is 5.11 Å². The van der Waals surface area contributed by atoms with Gasteiger partial charge in [0.2, 0.25) is 0 Å². The number of rotatable bonds is 2. The van der Waals surface area contributed by atoms with E-state index in [0.717, 1.165) is 15.6 Å². The Balaban J connectivity index is 2.71. The first-order valence-electron chi connectivity index (χ1n) is 5.63. The Bertz CT molecular complexity index is 421. The first kappa shape index (κ1) is 11.9. The van der Waals surface area contributed by atoms with E-state index in [1.807, 2.05) is 6.92 Å². The molecule has 0 unspecified atom stereocenters. The summed E-state index contributed by atoms with van der Waals surface area (Å²) in [6, 6.07) is 0. The van der Waals surface area contributed by atoms with Crippen LogP contribution in [0, 0.1) is 20.8 Å². The predicted molar refractivity (Wildman–Crippen MR) is 70.0 cm³/mol. The average Bonchev–Trinajstić information content (AvgIpc) is 3.05. The Hall–Kier alpha value is -0.540. The molecule has 0 amide bonds. The summed E-state index contributed by atoms with van der Waals surface area (Å²) >= 11 is 3.47. The van der Waals surface area contributed by atoms with Crippen LogP contribution in [0.15, 0.2) is 4.47 Å². The Kier molecular flexibility index (Phi) is 2.79. The second kappa shape index (κ2) is 3.74. The quantitative estimate of drug-likeness (QED) is 0.876. The molecule has 1 aromatic rings. The fourth-order valence-electron chi connectivity index (χ4n) is 2.60. The molecule has 0 atom stereocenters. The van der Waals surface area contributed by atoms with E-state index in [2.05, 4.69) is 29.8 Å². The molecule has 0 bridgehead atoms. The van der Waals surface area contributed by atoms with Crippen molar-refractivity contribution in [1.29, 1.82) is 0 Å². The lowest BCUT2D eigenvalue weighted by Crippen LogP contribution is -2.22. The average molecular weight is 284 g/mol. The highest BCUT2D eigenvalue weighted by Gasteiger charge is 2.45. The lowest BCUT2D eigenvalue weighted by molar-refractivity contribution is 0.465. The van der Waals surface area contributed by atoms with Crippen LogP contribution in [0.1, 0.15) is 35.1 Å². The SMILES string of the molecule is Cc1c(C)c(C2(CN)CC2)c(C)c(Br)c1O. The summed E-state index contributed by atoms with van der Waals surface area (Å²) < 4.78 is 0.824. The van der Waals surface area contributed by atoms with Crippen LogP contribution in [0.3, 0.4) is 0 Å². The van der Waals surface area contributed by atoms with Crippen molar-refractivity contribution >= 4 is 15.9 Å². The van der Waals surface area contributed by atoms with Crippen LogP contribution in [0.4, 0.5) is 0 Å². The van der Waals surface area contributed by atoms with Gasteiger partial charge in [0.05, 0.1) is 4.47 Å². The number of hydrogen-bond donors (Lipinski definition) is 2. The Morgan fingerprint density at radius 3 is 2.19 bits per heavy atom. The van der Waals surface area contributed by atoms with Gasteiger partial charge in [-0.1, -0.05) is 0 Å². The predicted octanol–water partition coefficient (Wildman–Crippen LogP) is 3.07. The monoisotopic (exact) mass is 283 g/mol. The van der Waals surface area contributed by atoms with Crippen molar-refractivity contribution in [3.05, 3.63) is 26.7 Å². The van der Waals surface area contributed by atoms with Gasteiger partial charge in [-0.2, -0.15) is 0 Å². The minimum absolute atomic E-state index is 0.176. The largest absolute Gasteiger partial charge is 0.506 e. The summed E-state index contributed by atoms with van der Waals surface area (Å²) in [5.74, 6) is 0.367. The number of phenols is 1. The number of phenolic OH excluding ortho intramolecular Hbond substituents is 1. The fourth-order valence-corrected chi connectivity index (χ4v) is 3.10. The molecular weight excluding hydrogens is 266 g/mol. The van der Waals surface area contributed by atoms with Gasteiger partial charge in [0.15, 0.2) is 0 Å². The molecule has 1 saturated carbocycles. The van der Waals surface area contributed by atoms with Crippen LogP contribution in [0.2, 0.25) is 0 Å². The summed E-state index contributed by atoms with van der Waals surface area (Å²) in [7, 11) is 0. The molecule has 0 radical (unpaired) electrons. The van der Waals surface area contributed by atoms with Gasteiger partial charge in [-0.05, 0) is 71.8 Å². The third kappa shape index (κ3) is 1.49. The number of benzene rings is 1. The molecule has 2 rings (SSSR count). The summed E-state index contributed by atoms with van der Waals surface area (Å²) in [5.41, 5.74) is 10.7. The summed E-state index contributed by atoms with van der Waals surface area (Å²) in [4.78, 5) is 0. The van der Waals surface area contributed by atoms with Gasteiger partial charge in [-0.15, -0.1) is 0 Å². The van der Waals surface area contributed by atoms with E-state index in [9.17, 15) is 5.11 Å². The molecular formula is C13H18BrNO. The normalized spacial score (nSPS) is 17.6. The maximum absolute atomic E-state index is 9.97. The highest BCUT2D eigenvalue weighted by Crippen LogP contribution is 2.52. The van der Waals surface area contributed by atoms with Gasteiger partial charge in [0.1, 0.15) is 5.75 Å². The lowest BCUT2D eigenvalue weighted by Gasteiger charge is -2.23. The van der Waals surface area contributed by atoms with Crippen LogP contribution < -0.4 is 5.73 Å². The molecule has 2 nitrogen and oxygen atoms in total. The first-order chi connectivity index (χ1) is 7.44. The molecule has 1 aliphatic carbocycles. The van der Waals surface area contributed by atoms with Gasteiger partial charge in [-0.25, -0.2) is 0 Å². The number of hydrogen-bond acceptors (Lipinski definition) is 2. The van der Waals surface area contributed by atoms with Crippen LogP contribution in [0.5, 0.6) is 5.75 Å². The van der Waals surface area contributed by atoms with Crippen molar-refractivity contribution in [2.75, 3.05) is 6.54 Å². The van der Waals surface area contributed by atoms with E-state index >= 15 is 0 Å². The second-order valence-corrected chi connectivity index (χ2v) is 5.69. The molecule has 0 heterocycles. The van der Waals surface area contributed by atoms with Gasteiger partial charge in [0, 0.05) is 12.0 Å². The van der Waals surface area contributed by atoms with E-state index in [1.54, 1.807) is 0 Å². The topological polar surface area (TPSA) is 46.2 Å². The van der Waals surface area contributed by atoms with E-state index in [4.69, 9.17) is 5.73 Å². The minimum atomic E-state index is 0.176. The molecule has 0 aromatic heterocycles. The lowest BCUT2D eigenvalue weighted by atomic mass is 9.85. The van der Waals surface area contributed by atoms with Crippen molar-refractivity contribution in [3.8, 4) is 5.75 Å². The highest BCUT2D eigenvalue weighted by atomic mass is 79.9. The summed E-state index contributed by atoms with van der Waals surface area (Å²) in [6.07, 6.45) is 2.34. The number of nitrogens with two attached hydrogens (primary N) is 1. The maximum atomic E-state index is 9.97. The summed E-state index contributed by atoms with van der Waals surface area (Å²) in [6.45, 7) is 6.80. The first-order valence-corrected chi connectivity index (χ1v) is 6.42. The maximum Gasteiger partial charge on any atom is 0.133 e. The Morgan fingerprint density at radius 2 is 1.75 bits per heavy atom. The van der Waals surface area contributed by atoms with Gasteiger partial charge in [0.25, 0.3) is 0 Å². The van der Waals surface area contributed by atoms with Crippen LogP contribution >= 0.6 is 15.9 Å². The van der Waals surface area contributed by atoms with Crippen LogP contribution in [-0.2, 0) is 5.41 Å². The fraction of sp³-hybridized carbons (Fsp3) is 0.538. The van der Waals surface area contributed by atoms with E-state index in [-0.39, 0.29) is 5.41 Å². The molecule has 3 heteroatoms. The zero-order valence-corrected chi connectivity index (χ0v) is 11.6. The van der Waals surface area contributed by atoms with Crippen molar-refractivity contribution in [2.24, 2.45) is 5.73 Å². The van der Waals surface area contributed by atoms with Crippen LogP contribution in [0.25, 0.3) is 0 Å². The molecule has 0 spiro atoms. The van der Waals surface area contributed by atoms with Crippen molar-refractivity contribution in [2.45, 2.75) is 39.0 Å². The molecule has 1 aliphatic rings. The molecule has 3 N–H and O–H groups in total. The number of halogens is 1. The molecule has 1 fully saturated rings. The van der Waals surface area contributed by atoms with E-state index in [0.29, 0.717) is 12.3 Å². The van der Waals surface area contributed by atoms with E-state index in [1.165, 1.54) is 24.0 Å². The zero-order chi connectivity index (χ0) is 12.1. The molecule has 16 heavy (non-hydrogen) atoms. The zero-order valence-electron chi connectivity index (χ0n) is 10.0. The Labute approximate surface area is 105 Å². The number of aromatic hydroxyl groups is 1. The molecule has 1 aromatic carbocycles. The summed E-state index contributed by atoms with van der Waals surface area (Å²) in [5, 5.41) is 9.97. The molecule has 88 valence electrons. The van der Waals surface area contributed by atoms with Gasteiger partial charge < -0.3 is 10.8 Å². The van der Waals surface area contributed by atoms with E-state index < -0.39 is 0 Å². The second-order valence-electron chi connectivity index (χ2n) is 4.90. The van der Waals surface area contributed by atoms with Crippen molar-refractivity contribution in [3.63, 3.8) is 0 Å². The molecule has 0 saturated heterocycles. The third-order valence-electron chi connectivity index (χ3n) is 3.98. The third-order valence-corrected chi connectivity index (χ3v) is 4.95. The minimum Gasteiger partial charge on any atom is -0.506 e. The smallest absolute Gasteiger partial charge is 0.133 e. The Morgan fingerprint density at radius 1 is 1.19 bits per heavy atom. The van der Waals surface area contributed by atoms with Crippen LogP contribution in [-0.4, -0.2) is 11.7 Å². The molecule has 0 aliphatic heterocycles. The van der Waals surface area contributed by atoms with Gasteiger partial charge in [-0.3, -0.25) is 0 Å². The standard InChI is InChI=1S/C13H18BrNO/c1-7-8(2)12(16)11(14)9(3)10(7)13(6-15)4-5-13/h16H,4-6,15H2,1-3H3. The highest BCUT2D eigenvalue weighted by molar-refractivity contribution is 9.10. The van der Waals surface area contributed by atoms with Crippen molar-refractivity contribution in [1.82, 2.24) is 0 Å². The van der Waals surface area contributed by atoms with Gasteiger partial charge >= 0.3 is 0 Å².